The lowest BCUT2D eigenvalue weighted by Gasteiger charge is -2.22. The monoisotopic (exact) mass is 339 g/mol. The lowest BCUT2D eigenvalue weighted by atomic mass is 10.0. The fourth-order valence-corrected chi connectivity index (χ4v) is 4.29. The number of rotatable bonds is 3. The Balaban J connectivity index is 1.61. The highest BCUT2D eigenvalue weighted by atomic mass is 16.1. The molecular formula is C19H25N5O. The van der Waals surface area contributed by atoms with Crippen LogP contribution in [0.2, 0.25) is 0 Å². The predicted molar refractivity (Wildman–Crippen MR) is 97.1 cm³/mol. The molecule has 2 aromatic rings. The van der Waals surface area contributed by atoms with E-state index >= 15 is 0 Å². The lowest BCUT2D eigenvalue weighted by Crippen LogP contribution is -2.27. The maximum Gasteiger partial charge on any atom is 0.254 e. The summed E-state index contributed by atoms with van der Waals surface area (Å²) in [6.45, 7) is 3.92. The molecule has 2 aliphatic rings. The van der Waals surface area contributed by atoms with Crippen LogP contribution >= 0.6 is 0 Å². The molecular weight excluding hydrogens is 314 g/mol. The topological polar surface area (TPSA) is 63.1 Å². The molecule has 1 fully saturated rings. The number of nitrogens with zero attached hydrogens (tertiary/aromatic N) is 4. The number of carbonyl (C=O) groups excluding carboxylic acids is 1. The molecule has 1 unspecified atom stereocenters. The van der Waals surface area contributed by atoms with Crippen LogP contribution < -0.4 is 10.2 Å². The van der Waals surface area contributed by atoms with Gasteiger partial charge in [0.05, 0.1) is 17.3 Å². The molecule has 25 heavy (non-hydrogen) atoms. The summed E-state index contributed by atoms with van der Waals surface area (Å²) < 4.78 is 2.46. The summed E-state index contributed by atoms with van der Waals surface area (Å²) in [6.07, 6.45) is 7.59. The van der Waals surface area contributed by atoms with Gasteiger partial charge in [-0.15, -0.1) is 0 Å². The van der Waals surface area contributed by atoms with Crippen molar-refractivity contribution in [3.05, 3.63) is 41.1 Å². The number of hydrogen-bond acceptors (Lipinski definition) is 4. The number of nitrogens with one attached hydrogen (secondary N) is 1. The van der Waals surface area contributed by atoms with E-state index in [1.165, 1.54) is 24.2 Å². The van der Waals surface area contributed by atoms with Gasteiger partial charge in [-0.2, -0.15) is 0 Å². The molecule has 1 amide bonds. The van der Waals surface area contributed by atoms with Crippen molar-refractivity contribution in [3.63, 3.8) is 0 Å². The Morgan fingerprint density at radius 1 is 1.32 bits per heavy atom. The summed E-state index contributed by atoms with van der Waals surface area (Å²) in [6, 6.07) is 4.07. The van der Waals surface area contributed by atoms with Crippen molar-refractivity contribution >= 4 is 11.7 Å². The number of imidazole rings is 1. The average molecular weight is 339 g/mol. The summed E-state index contributed by atoms with van der Waals surface area (Å²) in [5.41, 5.74) is 3.38. The molecule has 0 bridgehead atoms. The number of aromatic nitrogens is 3. The summed E-state index contributed by atoms with van der Waals surface area (Å²) in [7, 11) is 1.66. The zero-order valence-electron chi connectivity index (χ0n) is 15.0. The maximum absolute atomic E-state index is 12.2. The fourth-order valence-electron chi connectivity index (χ4n) is 4.29. The van der Waals surface area contributed by atoms with Gasteiger partial charge >= 0.3 is 0 Å². The van der Waals surface area contributed by atoms with Gasteiger partial charge < -0.3 is 14.8 Å². The first-order valence-electron chi connectivity index (χ1n) is 9.17. The zero-order valence-corrected chi connectivity index (χ0v) is 15.0. The van der Waals surface area contributed by atoms with Crippen molar-refractivity contribution < 1.29 is 4.79 Å². The molecule has 1 aliphatic carbocycles. The molecule has 3 heterocycles. The minimum absolute atomic E-state index is 0.0808. The highest BCUT2D eigenvalue weighted by Crippen LogP contribution is 2.32. The summed E-state index contributed by atoms with van der Waals surface area (Å²) >= 11 is 0. The van der Waals surface area contributed by atoms with Gasteiger partial charge in [0.2, 0.25) is 0 Å². The van der Waals surface area contributed by atoms with E-state index in [0.717, 1.165) is 44.0 Å². The molecule has 6 heteroatoms. The Morgan fingerprint density at radius 3 is 3.00 bits per heavy atom. The average Bonchev–Trinajstić information content (AvgIpc) is 3.24. The van der Waals surface area contributed by atoms with Crippen LogP contribution in [0.25, 0.3) is 0 Å². The molecule has 6 nitrogen and oxygen atoms in total. The Kier molecular flexibility index (Phi) is 4.19. The second kappa shape index (κ2) is 6.50. The SMILES string of the molecule is CNC(=O)c1cccnc1N1CCC(n2c(C)nc3c2CCCC3)C1. The summed E-state index contributed by atoms with van der Waals surface area (Å²) in [5.74, 6) is 1.84. The van der Waals surface area contributed by atoms with Crippen LogP contribution in [-0.2, 0) is 12.8 Å². The number of anilines is 1. The Morgan fingerprint density at radius 2 is 2.16 bits per heavy atom. The van der Waals surface area contributed by atoms with Crippen LogP contribution in [-0.4, -0.2) is 40.6 Å². The highest BCUT2D eigenvalue weighted by molar-refractivity contribution is 5.98. The molecule has 1 atom stereocenters. The van der Waals surface area contributed by atoms with Gasteiger partial charge in [-0.25, -0.2) is 9.97 Å². The van der Waals surface area contributed by atoms with E-state index in [1.54, 1.807) is 13.2 Å². The third-order valence-corrected chi connectivity index (χ3v) is 5.43. The van der Waals surface area contributed by atoms with Crippen LogP contribution in [0.1, 0.15) is 52.9 Å². The van der Waals surface area contributed by atoms with Crippen LogP contribution in [0.15, 0.2) is 18.3 Å². The zero-order chi connectivity index (χ0) is 17.4. The number of amides is 1. The van der Waals surface area contributed by atoms with Gasteiger partial charge in [0.1, 0.15) is 11.6 Å². The molecule has 0 spiro atoms. The molecule has 1 N–H and O–H groups in total. The normalized spacial score (nSPS) is 19.8. The van der Waals surface area contributed by atoms with Crippen molar-refractivity contribution in [2.24, 2.45) is 0 Å². The van der Waals surface area contributed by atoms with E-state index in [0.29, 0.717) is 11.6 Å². The van der Waals surface area contributed by atoms with Crippen LogP contribution in [0.5, 0.6) is 0 Å². The maximum atomic E-state index is 12.2. The van der Waals surface area contributed by atoms with Gasteiger partial charge in [0, 0.05) is 32.0 Å². The standard InChI is InChI=1S/C19H25N5O/c1-13-22-16-7-3-4-8-17(16)24(13)14-9-11-23(12-14)18-15(19(25)20-2)6-5-10-21-18/h5-6,10,14H,3-4,7-9,11-12H2,1-2H3,(H,20,25). The van der Waals surface area contributed by atoms with Crippen molar-refractivity contribution in [2.75, 3.05) is 25.0 Å². The minimum Gasteiger partial charge on any atom is -0.355 e. The second-order valence-electron chi connectivity index (χ2n) is 6.97. The number of carbonyl (C=O) groups is 1. The van der Waals surface area contributed by atoms with E-state index in [1.807, 2.05) is 12.1 Å². The Labute approximate surface area is 148 Å². The first kappa shape index (κ1) is 16.1. The highest BCUT2D eigenvalue weighted by Gasteiger charge is 2.31. The second-order valence-corrected chi connectivity index (χ2v) is 6.97. The van der Waals surface area contributed by atoms with Crippen LogP contribution in [0, 0.1) is 6.92 Å². The Hall–Kier alpha value is -2.37. The fraction of sp³-hybridized carbons (Fsp3) is 0.526. The quantitative estimate of drug-likeness (QED) is 0.932. The number of pyridine rings is 1. The number of aryl methyl sites for hydroxylation is 2. The minimum atomic E-state index is -0.0808. The summed E-state index contributed by atoms with van der Waals surface area (Å²) in [4.78, 5) is 23.7. The third kappa shape index (κ3) is 2.79. The van der Waals surface area contributed by atoms with E-state index in [-0.39, 0.29) is 5.91 Å². The van der Waals surface area contributed by atoms with Crippen molar-refractivity contribution in [1.82, 2.24) is 19.9 Å². The number of hydrogen-bond donors (Lipinski definition) is 1. The van der Waals surface area contributed by atoms with E-state index in [4.69, 9.17) is 4.98 Å². The predicted octanol–water partition coefficient (Wildman–Crippen LogP) is 2.28. The summed E-state index contributed by atoms with van der Waals surface area (Å²) in [5, 5.41) is 2.71. The first-order chi connectivity index (χ1) is 12.2. The van der Waals surface area contributed by atoms with Gasteiger partial charge in [-0.3, -0.25) is 4.79 Å². The molecule has 0 aromatic carbocycles. The first-order valence-corrected chi connectivity index (χ1v) is 9.17. The number of fused-ring (bicyclic) bond motifs is 1. The largest absolute Gasteiger partial charge is 0.355 e. The third-order valence-electron chi connectivity index (χ3n) is 5.43. The van der Waals surface area contributed by atoms with Gasteiger partial charge in [0.15, 0.2) is 0 Å². The molecule has 1 aliphatic heterocycles. The molecule has 1 saturated heterocycles. The lowest BCUT2D eigenvalue weighted by molar-refractivity contribution is 0.0963. The molecule has 0 saturated carbocycles. The molecule has 2 aromatic heterocycles. The van der Waals surface area contributed by atoms with E-state index < -0.39 is 0 Å². The van der Waals surface area contributed by atoms with E-state index in [2.05, 4.69) is 26.7 Å². The Bertz CT molecular complexity index is 797. The molecule has 4 rings (SSSR count). The van der Waals surface area contributed by atoms with Crippen LogP contribution in [0.4, 0.5) is 5.82 Å². The van der Waals surface area contributed by atoms with E-state index in [9.17, 15) is 4.79 Å². The van der Waals surface area contributed by atoms with Gasteiger partial charge in [0.25, 0.3) is 5.91 Å². The van der Waals surface area contributed by atoms with Crippen LogP contribution in [0.3, 0.4) is 0 Å². The molecule has 132 valence electrons. The van der Waals surface area contributed by atoms with Crippen molar-refractivity contribution in [2.45, 2.75) is 45.1 Å². The van der Waals surface area contributed by atoms with Gasteiger partial charge in [-0.1, -0.05) is 0 Å². The van der Waals surface area contributed by atoms with Crippen molar-refractivity contribution in [1.29, 1.82) is 0 Å². The van der Waals surface area contributed by atoms with Gasteiger partial charge in [-0.05, 0) is 51.2 Å². The molecule has 0 radical (unpaired) electrons. The van der Waals surface area contributed by atoms with Crippen molar-refractivity contribution in [3.8, 4) is 0 Å². The smallest absolute Gasteiger partial charge is 0.254 e.